The molecule has 100 valence electrons. The first kappa shape index (κ1) is 13.4. The van der Waals surface area contributed by atoms with Crippen LogP contribution in [0.2, 0.25) is 15.1 Å². The molecule has 0 unspecified atom stereocenters. The summed E-state index contributed by atoms with van der Waals surface area (Å²) >= 11 is 18.1. The molecule has 0 atom stereocenters. The van der Waals surface area contributed by atoms with E-state index in [0.717, 1.165) is 0 Å². The maximum absolute atomic E-state index is 6.11. The van der Waals surface area contributed by atoms with Crippen LogP contribution in [0, 0.1) is 0 Å². The van der Waals surface area contributed by atoms with E-state index in [-0.39, 0.29) is 0 Å². The Morgan fingerprint density at radius 3 is 2.05 bits per heavy atom. The molecular formula is C14H7Cl3N2O. The molecule has 0 aliphatic rings. The van der Waals surface area contributed by atoms with Crippen molar-refractivity contribution in [2.45, 2.75) is 0 Å². The zero-order valence-corrected chi connectivity index (χ0v) is 12.2. The Kier molecular flexibility index (Phi) is 3.66. The molecule has 0 spiro atoms. The average Bonchev–Trinajstić information content (AvgIpc) is 2.88. The predicted octanol–water partition coefficient (Wildman–Crippen LogP) is 5.36. The third-order valence-electron chi connectivity index (χ3n) is 2.69. The third-order valence-corrected chi connectivity index (χ3v) is 3.57. The fourth-order valence-corrected chi connectivity index (χ4v) is 2.44. The van der Waals surface area contributed by atoms with Crippen molar-refractivity contribution < 1.29 is 4.42 Å². The summed E-state index contributed by atoms with van der Waals surface area (Å²) in [6, 6.07) is 12.3. The lowest BCUT2D eigenvalue weighted by atomic mass is 10.2. The smallest absolute Gasteiger partial charge is 0.249 e. The van der Waals surface area contributed by atoms with Crippen molar-refractivity contribution in [3.63, 3.8) is 0 Å². The molecule has 0 fully saturated rings. The van der Waals surface area contributed by atoms with Crippen LogP contribution in [0.1, 0.15) is 0 Å². The van der Waals surface area contributed by atoms with Crippen LogP contribution < -0.4 is 0 Å². The second-order valence-electron chi connectivity index (χ2n) is 4.02. The van der Waals surface area contributed by atoms with E-state index in [1.807, 2.05) is 18.2 Å². The highest BCUT2D eigenvalue weighted by atomic mass is 35.5. The Bertz CT molecular complexity index is 771. The van der Waals surface area contributed by atoms with Crippen molar-refractivity contribution in [3.8, 4) is 22.9 Å². The number of benzene rings is 2. The number of halogens is 3. The molecule has 2 aromatic carbocycles. The first-order valence-electron chi connectivity index (χ1n) is 5.69. The molecule has 20 heavy (non-hydrogen) atoms. The van der Waals surface area contributed by atoms with Gasteiger partial charge in [-0.05, 0) is 30.3 Å². The van der Waals surface area contributed by atoms with Crippen LogP contribution >= 0.6 is 34.8 Å². The Morgan fingerprint density at radius 2 is 1.40 bits per heavy atom. The van der Waals surface area contributed by atoms with E-state index in [9.17, 15) is 0 Å². The predicted molar refractivity (Wildman–Crippen MR) is 80.2 cm³/mol. The van der Waals surface area contributed by atoms with Gasteiger partial charge in [0.2, 0.25) is 11.8 Å². The maximum Gasteiger partial charge on any atom is 0.249 e. The summed E-state index contributed by atoms with van der Waals surface area (Å²) in [6.07, 6.45) is 0. The van der Waals surface area contributed by atoms with E-state index in [1.54, 1.807) is 24.3 Å². The lowest BCUT2D eigenvalue weighted by Crippen LogP contribution is -1.79. The molecule has 3 rings (SSSR count). The van der Waals surface area contributed by atoms with E-state index in [2.05, 4.69) is 10.2 Å². The molecule has 0 aliphatic heterocycles. The number of nitrogens with zero attached hydrogens (tertiary/aromatic N) is 2. The molecule has 0 amide bonds. The van der Waals surface area contributed by atoms with Gasteiger partial charge in [-0.3, -0.25) is 0 Å². The first-order chi connectivity index (χ1) is 9.65. The van der Waals surface area contributed by atoms with Crippen molar-refractivity contribution in [2.24, 2.45) is 0 Å². The second kappa shape index (κ2) is 5.44. The molecule has 1 heterocycles. The van der Waals surface area contributed by atoms with Gasteiger partial charge in [-0.25, -0.2) is 0 Å². The van der Waals surface area contributed by atoms with Gasteiger partial charge in [0, 0.05) is 5.02 Å². The summed E-state index contributed by atoms with van der Waals surface area (Å²) in [7, 11) is 0. The van der Waals surface area contributed by atoms with E-state index >= 15 is 0 Å². The second-order valence-corrected chi connectivity index (χ2v) is 5.27. The molecule has 0 saturated heterocycles. The lowest BCUT2D eigenvalue weighted by molar-refractivity contribution is 0.584. The van der Waals surface area contributed by atoms with Crippen molar-refractivity contribution in [1.82, 2.24) is 10.2 Å². The summed E-state index contributed by atoms with van der Waals surface area (Å²) in [6.45, 7) is 0. The van der Waals surface area contributed by atoms with Crippen LogP contribution in [0.5, 0.6) is 0 Å². The van der Waals surface area contributed by atoms with Gasteiger partial charge in [0.1, 0.15) is 0 Å². The van der Waals surface area contributed by atoms with E-state index in [0.29, 0.717) is 38.0 Å². The van der Waals surface area contributed by atoms with Gasteiger partial charge >= 0.3 is 0 Å². The fourth-order valence-electron chi connectivity index (χ4n) is 1.74. The molecule has 0 N–H and O–H groups in total. The van der Waals surface area contributed by atoms with E-state index in [4.69, 9.17) is 39.2 Å². The number of hydrogen-bond donors (Lipinski definition) is 0. The topological polar surface area (TPSA) is 38.9 Å². The Morgan fingerprint density at radius 1 is 0.750 bits per heavy atom. The highest BCUT2D eigenvalue weighted by Crippen LogP contribution is 2.32. The van der Waals surface area contributed by atoms with Gasteiger partial charge in [0.15, 0.2) is 0 Å². The highest BCUT2D eigenvalue weighted by molar-refractivity contribution is 6.36. The minimum Gasteiger partial charge on any atom is -0.416 e. The van der Waals surface area contributed by atoms with Crippen LogP contribution in [0.15, 0.2) is 46.9 Å². The normalized spacial score (nSPS) is 10.8. The van der Waals surface area contributed by atoms with Gasteiger partial charge < -0.3 is 4.42 Å². The van der Waals surface area contributed by atoms with Gasteiger partial charge in [-0.2, -0.15) is 0 Å². The summed E-state index contributed by atoms with van der Waals surface area (Å²) in [5.41, 5.74) is 1.31. The zero-order chi connectivity index (χ0) is 14.1. The van der Waals surface area contributed by atoms with Crippen molar-refractivity contribution in [3.05, 3.63) is 57.5 Å². The molecule has 6 heteroatoms. The summed E-state index contributed by atoms with van der Waals surface area (Å²) < 4.78 is 5.62. The molecule has 3 aromatic rings. The Balaban J connectivity index is 2.04. The minimum absolute atomic E-state index is 0.321. The maximum atomic E-state index is 6.11. The summed E-state index contributed by atoms with van der Waals surface area (Å²) in [5, 5.41) is 9.53. The van der Waals surface area contributed by atoms with E-state index < -0.39 is 0 Å². The van der Waals surface area contributed by atoms with Crippen LogP contribution in [-0.4, -0.2) is 10.2 Å². The van der Waals surface area contributed by atoms with E-state index in [1.165, 1.54) is 0 Å². The first-order valence-corrected chi connectivity index (χ1v) is 6.82. The van der Waals surface area contributed by atoms with Gasteiger partial charge in [-0.1, -0.05) is 46.9 Å². The quantitative estimate of drug-likeness (QED) is 0.636. The standard InChI is InChI=1S/C14H7Cl3N2O/c15-8-5-6-10(12(17)7-8)14-19-18-13(20-14)9-3-1-2-4-11(9)16/h1-7H. The number of aromatic nitrogens is 2. The largest absolute Gasteiger partial charge is 0.416 e. The summed E-state index contributed by atoms with van der Waals surface area (Å²) in [5.74, 6) is 0.665. The Hall–Kier alpha value is -1.55. The average molecular weight is 326 g/mol. The fraction of sp³-hybridized carbons (Fsp3) is 0. The SMILES string of the molecule is Clc1ccc(-c2nnc(-c3ccccc3Cl)o2)c(Cl)c1. The van der Waals surface area contributed by atoms with Crippen molar-refractivity contribution in [2.75, 3.05) is 0 Å². The molecule has 0 aliphatic carbocycles. The van der Waals surface area contributed by atoms with Crippen molar-refractivity contribution >= 4 is 34.8 Å². The third kappa shape index (κ3) is 2.52. The minimum atomic E-state index is 0.321. The van der Waals surface area contributed by atoms with Gasteiger partial charge in [-0.15, -0.1) is 10.2 Å². The van der Waals surface area contributed by atoms with Crippen LogP contribution in [0.3, 0.4) is 0 Å². The molecule has 0 saturated carbocycles. The molecule has 1 aromatic heterocycles. The molecule has 0 radical (unpaired) electrons. The van der Waals surface area contributed by atoms with Crippen molar-refractivity contribution in [1.29, 1.82) is 0 Å². The Labute approximate surface area is 130 Å². The number of rotatable bonds is 2. The molecule has 0 bridgehead atoms. The molecular weight excluding hydrogens is 319 g/mol. The molecule has 3 nitrogen and oxygen atoms in total. The van der Waals surface area contributed by atoms with Gasteiger partial charge in [0.05, 0.1) is 21.2 Å². The van der Waals surface area contributed by atoms with Crippen LogP contribution in [-0.2, 0) is 0 Å². The zero-order valence-electron chi connectivity index (χ0n) is 9.98. The van der Waals surface area contributed by atoms with Crippen LogP contribution in [0.4, 0.5) is 0 Å². The number of hydrogen-bond acceptors (Lipinski definition) is 3. The van der Waals surface area contributed by atoms with Gasteiger partial charge in [0.25, 0.3) is 0 Å². The van der Waals surface area contributed by atoms with Crippen LogP contribution in [0.25, 0.3) is 22.9 Å². The lowest BCUT2D eigenvalue weighted by Gasteiger charge is -1.99. The highest BCUT2D eigenvalue weighted by Gasteiger charge is 2.15. The monoisotopic (exact) mass is 324 g/mol. The summed E-state index contributed by atoms with van der Waals surface area (Å²) in [4.78, 5) is 0.